The van der Waals surface area contributed by atoms with E-state index in [0.29, 0.717) is 5.69 Å². The van der Waals surface area contributed by atoms with Crippen LogP contribution in [0, 0.1) is 5.82 Å². The van der Waals surface area contributed by atoms with E-state index in [1.807, 2.05) is 32.2 Å². The number of halogens is 1. The number of aromatic nitrogens is 1. The van der Waals surface area contributed by atoms with E-state index < -0.39 is 5.82 Å². The van der Waals surface area contributed by atoms with Gasteiger partial charge in [-0.05, 0) is 43.8 Å². The van der Waals surface area contributed by atoms with Gasteiger partial charge in [0, 0.05) is 11.7 Å². The molecule has 0 aliphatic carbocycles. The van der Waals surface area contributed by atoms with Crippen LogP contribution in [0.5, 0.6) is 0 Å². The average Bonchev–Trinajstić information content (AvgIpc) is 2.47. The van der Waals surface area contributed by atoms with E-state index in [0.717, 1.165) is 11.8 Å². The van der Waals surface area contributed by atoms with Crippen LogP contribution in [0.2, 0.25) is 0 Å². The number of rotatable bonds is 4. The van der Waals surface area contributed by atoms with Crippen LogP contribution < -0.4 is 10.6 Å². The summed E-state index contributed by atoms with van der Waals surface area (Å²) in [5.74, 6) is -0.828. The average molecular weight is 273 g/mol. The first-order valence-corrected chi connectivity index (χ1v) is 6.30. The summed E-state index contributed by atoms with van der Waals surface area (Å²) in [5.41, 5.74) is 1.93. The molecule has 2 rings (SSSR count). The van der Waals surface area contributed by atoms with Crippen LogP contribution in [-0.2, 0) is 0 Å². The molecule has 1 aromatic heterocycles. The molecule has 0 saturated carbocycles. The highest BCUT2D eigenvalue weighted by Crippen LogP contribution is 2.17. The standard InChI is InChI=1S/C15H16FN3O/c1-10(17-2)11-4-3-5-13(8-11)19-15(20)14-7-6-12(16)9-18-14/h3-10,17H,1-2H3,(H,19,20). The fourth-order valence-corrected chi connectivity index (χ4v) is 1.76. The van der Waals surface area contributed by atoms with Gasteiger partial charge in [0.25, 0.3) is 5.91 Å². The van der Waals surface area contributed by atoms with Crippen LogP contribution in [0.3, 0.4) is 0 Å². The summed E-state index contributed by atoms with van der Waals surface area (Å²) in [5, 5.41) is 5.88. The molecule has 0 radical (unpaired) electrons. The summed E-state index contributed by atoms with van der Waals surface area (Å²) < 4.78 is 12.8. The minimum atomic E-state index is -0.466. The van der Waals surface area contributed by atoms with Gasteiger partial charge in [-0.2, -0.15) is 0 Å². The van der Waals surface area contributed by atoms with Crippen LogP contribution in [0.4, 0.5) is 10.1 Å². The SMILES string of the molecule is CNC(C)c1cccc(NC(=O)c2ccc(F)cn2)c1. The van der Waals surface area contributed by atoms with E-state index in [1.165, 1.54) is 12.1 Å². The molecule has 104 valence electrons. The van der Waals surface area contributed by atoms with Crippen LogP contribution in [0.15, 0.2) is 42.6 Å². The van der Waals surface area contributed by atoms with Gasteiger partial charge < -0.3 is 10.6 Å². The van der Waals surface area contributed by atoms with Gasteiger partial charge in [0.2, 0.25) is 0 Å². The van der Waals surface area contributed by atoms with E-state index in [4.69, 9.17) is 0 Å². The highest BCUT2D eigenvalue weighted by molar-refractivity contribution is 6.02. The highest BCUT2D eigenvalue weighted by atomic mass is 19.1. The largest absolute Gasteiger partial charge is 0.321 e. The van der Waals surface area contributed by atoms with Crippen molar-refractivity contribution in [2.45, 2.75) is 13.0 Å². The number of pyridine rings is 1. The number of nitrogens with zero attached hydrogens (tertiary/aromatic N) is 1. The Labute approximate surface area is 117 Å². The Morgan fingerprint density at radius 3 is 2.75 bits per heavy atom. The van der Waals surface area contributed by atoms with Gasteiger partial charge in [-0.3, -0.25) is 4.79 Å². The van der Waals surface area contributed by atoms with Crippen molar-refractivity contribution >= 4 is 11.6 Å². The molecule has 1 amide bonds. The summed E-state index contributed by atoms with van der Waals surface area (Å²) in [4.78, 5) is 15.7. The lowest BCUT2D eigenvalue weighted by molar-refractivity contribution is 0.102. The van der Waals surface area contributed by atoms with Crippen molar-refractivity contribution in [2.75, 3.05) is 12.4 Å². The highest BCUT2D eigenvalue weighted by Gasteiger charge is 2.09. The van der Waals surface area contributed by atoms with Gasteiger partial charge in [0.1, 0.15) is 11.5 Å². The molecular formula is C15H16FN3O. The third-order valence-corrected chi connectivity index (χ3v) is 3.04. The zero-order chi connectivity index (χ0) is 14.5. The molecule has 0 bridgehead atoms. The van der Waals surface area contributed by atoms with Gasteiger partial charge in [-0.15, -0.1) is 0 Å². The first kappa shape index (κ1) is 14.1. The maximum atomic E-state index is 12.8. The molecule has 0 fully saturated rings. The van der Waals surface area contributed by atoms with Crippen molar-refractivity contribution in [1.82, 2.24) is 10.3 Å². The van der Waals surface area contributed by atoms with Gasteiger partial charge in [0.05, 0.1) is 6.20 Å². The van der Waals surface area contributed by atoms with Crippen LogP contribution >= 0.6 is 0 Å². The second kappa shape index (κ2) is 6.25. The summed E-state index contributed by atoms with van der Waals surface area (Å²) in [7, 11) is 1.87. The fourth-order valence-electron chi connectivity index (χ4n) is 1.76. The molecule has 1 atom stereocenters. The van der Waals surface area contributed by atoms with Crippen LogP contribution in [0.1, 0.15) is 29.0 Å². The van der Waals surface area contributed by atoms with Gasteiger partial charge in [-0.1, -0.05) is 12.1 Å². The first-order valence-electron chi connectivity index (χ1n) is 6.30. The quantitative estimate of drug-likeness (QED) is 0.900. The number of benzene rings is 1. The van der Waals surface area contributed by atoms with Crippen molar-refractivity contribution in [3.63, 3.8) is 0 Å². The van der Waals surface area contributed by atoms with Crippen molar-refractivity contribution in [1.29, 1.82) is 0 Å². The lowest BCUT2D eigenvalue weighted by atomic mass is 10.1. The molecule has 0 saturated heterocycles. The number of nitrogens with one attached hydrogen (secondary N) is 2. The first-order chi connectivity index (χ1) is 9.60. The molecule has 0 aliphatic rings. The Balaban J connectivity index is 2.13. The Kier molecular flexibility index (Phi) is 4.42. The summed E-state index contributed by atoms with van der Waals surface area (Å²) in [6.07, 6.45) is 1.02. The second-order valence-corrected chi connectivity index (χ2v) is 4.45. The number of amides is 1. The Morgan fingerprint density at radius 1 is 1.30 bits per heavy atom. The Hall–Kier alpha value is -2.27. The zero-order valence-electron chi connectivity index (χ0n) is 11.4. The number of hydrogen-bond acceptors (Lipinski definition) is 3. The van der Waals surface area contributed by atoms with Crippen molar-refractivity contribution in [3.05, 3.63) is 59.7 Å². The molecule has 1 unspecified atom stereocenters. The predicted molar refractivity (Wildman–Crippen MR) is 76.1 cm³/mol. The van der Waals surface area contributed by atoms with E-state index in [-0.39, 0.29) is 17.6 Å². The van der Waals surface area contributed by atoms with Crippen molar-refractivity contribution < 1.29 is 9.18 Å². The lowest BCUT2D eigenvalue weighted by Gasteiger charge is -2.12. The lowest BCUT2D eigenvalue weighted by Crippen LogP contribution is -2.15. The number of carbonyl (C=O) groups excluding carboxylic acids is 1. The number of anilines is 1. The third-order valence-electron chi connectivity index (χ3n) is 3.04. The fraction of sp³-hybridized carbons (Fsp3) is 0.200. The molecule has 1 heterocycles. The van der Waals surface area contributed by atoms with E-state index in [9.17, 15) is 9.18 Å². The van der Waals surface area contributed by atoms with Gasteiger partial charge >= 0.3 is 0 Å². The maximum absolute atomic E-state index is 12.8. The molecule has 20 heavy (non-hydrogen) atoms. The number of carbonyl (C=O) groups is 1. The third kappa shape index (κ3) is 3.39. The van der Waals surface area contributed by atoms with Crippen molar-refractivity contribution in [3.8, 4) is 0 Å². The predicted octanol–water partition coefficient (Wildman–Crippen LogP) is 2.75. The van der Waals surface area contributed by atoms with E-state index >= 15 is 0 Å². The minimum absolute atomic E-state index is 0.179. The molecule has 2 aromatic rings. The second-order valence-electron chi connectivity index (χ2n) is 4.45. The molecule has 1 aromatic carbocycles. The topological polar surface area (TPSA) is 54.0 Å². The minimum Gasteiger partial charge on any atom is -0.321 e. The van der Waals surface area contributed by atoms with Crippen molar-refractivity contribution in [2.24, 2.45) is 0 Å². The molecule has 2 N–H and O–H groups in total. The van der Waals surface area contributed by atoms with E-state index in [2.05, 4.69) is 15.6 Å². The Morgan fingerprint density at radius 2 is 2.10 bits per heavy atom. The molecule has 4 nitrogen and oxygen atoms in total. The smallest absolute Gasteiger partial charge is 0.274 e. The van der Waals surface area contributed by atoms with E-state index in [1.54, 1.807) is 6.07 Å². The van der Waals surface area contributed by atoms with Gasteiger partial charge in [-0.25, -0.2) is 9.37 Å². The summed E-state index contributed by atoms with van der Waals surface area (Å²) in [6.45, 7) is 2.03. The normalized spacial score (nSPS) is 11.9. The maximum Gasteiger partial charge on any atom is 0.274 e. The summed E-state index contributed by atoms with van der Waals surface area (Å²) >= 11 is 0. The van der Waals surface area contributed by atoms with Crippen LogP contribution in [-0.4, -0.2) is 17.9 Å². The zero-order valence-corrected chi connectivity index (χ0v) is 11.4. The molecule has 5 heteroatoms. The summed E-state index contributed by atoms with van der Waals surface area (Å²) in [6, 6.07) is 10.3. The number of hydrogen-bond donors (Lipinski definition) is 2. The van der Waals surface area contributed by atoms with Crippen LogP contribution in [0.25, 0.3) is 0 Å². The van der Waals surface area contributed by atoms with Gasteiger partial charge in [0.15, 0.2) is 0 Å². The molecule has 0 spiro atoms. The Bertz CT molecular complexity index is 598. The molecular weight excluding hydrogens is 257 g/mol. The molecule has 0 aliphatic heterocycles. The monoisotopic (exact) mass is 273 g/mol.